The van der Waals surface area contributed by atoms with Crippen LogP contribution in [0.1, 0.15) is 40.4 Å². The van der Waals surface area contributed by atoms with Gasteiger partial charge >= 0.3 is 0 Å². The minimum Gasteiger partial charge on any atom is -0.221 e. The molecule has 0 fully saturated rings. The van der Waals surface area contributed by atoms with Crippen molar-refractivity contribution in [3.63, 3.8) is 0 Å². The Morgan fingerprint density at radius 3 is 2.58 bits per heavy atom. The van der Waals surface area contributed by atoms with E-state index in [1.54, 1.807) is 6.92 Å². The van der Waals surface area contributed by atoms with Gasteiger partial charge in [0.2, 0.25) is 4.96 Å². The second-order valence-corrected chi connectivity index (χ2v) is 8.81. The lowest BCUT2D eigenvalue weighted by molar-refractivity contribution is 0.558. The van der Waals surface area contributed by atoms with Crippen molar-refractivity contribution in [2.24, 2.45) is 0 Å². The Labute approximate surface area is 145 Å². The average molecular weight is 364 g/mol. The maximum absolute atomic E-state index is 12.9. The molecule has 0 amide bonds. The number of hydrogen-bond donors (Lipinski definition) is 1. The lowest BCUT2D eigenvalue weighted by Crippen LogP contribution is -2.29. The number of fused-ring (bicyclic) bond motifs is 1. The molecule has 3 rings (SSSR count). The number of imidazole rings is 1. The number of sulfonamides is 1. The normalized spacial score (nSPS) is 13.5. The van der Waals surface area contributed by atoms with Crippen LogP contribution in [0.3, 0.4) is 0 Å². The summed E-state index contributed by atoms with van der Waals surface area (Å²) in [5, 5.41) is 5.15. The van der Waals surface area contributed by atoms with Crippen LogP contribution in [-0.2, 0) is 10.0 Å². The quantitative estimate of drug-likeness (QED) is 0.772. The van der Waals surface area contributed by atoms with Gasteiger partial charge in [0.15, 0.2) is 5.03 Å². The second-order valence-electron chi connectivity index (χ2n) is 6.02. The first-order valence-electron chi connectivity index (χ1n) is 7.61. The van der Waals surface area contributed by atoms with Gasteiger partial charge in [0.25, 0.3) is 10.0 Å². The molecule has 0 bridgehead atoms. The molecule has 0 saturated carbocycles. The van der Waals surface area contributed by atoms with Crippen LogP contribution in [0.2, 0.25) is 0 Å². The number of benzene rings is 1. The fourth-order valence-corrected chi connectivity index (χ4v) is 5.24. The summed E-state index contributed by atoms with van der Waals surface area (Å²) in [6.45, 7) is 9.36. The van der Waals surface area contributed by atoms with Crippen molar-refractivity contribution in [2.75, 3.05) is 0 Å². The molecule has 1 atom stereocenters. The van der Waals surface area contributed by atoms with Crippen molar-refractivity contribution in [1.82, 2.24) is 19.3 Å². The Morgan fingerprint density at radius 2 is 1.92 bits per heavy atom. The highest BCUT2D eigenvalue weighted by molar-refractivity contribution is 7.89. The summed E-state index contributed by atoms with van der Waals surface area (Å²) < 4.78 is 29.9. The van der Waals surface area contributed by atoms with E-state index < -0.39 is 10.0 Å². The minimum atomic E-state index is -3.74. The SMILES string of the molecule is Cc1ccc([C@H](C)NS(=O)(=O)c2c(C)nc3sc(C)nn23)c(C)c1. The lowest BCUT2D eigenvalue weighted by Gasteiger charge is -2.17. The first kappa shape index (κ1) is 17.1. The summed E-state index contributed by atoms with van der Waals surface area (Å²) in [6, 6.07) is 5.65. The van der Waals surface area contributed by atoms with Gasteiger partial charge in [-0.25, -0.2) is 18.1 Å². The molecule has 24 heavy (non-hydrogen) atoms. The predicted octanol–water partition coefficient (Wildman–Crippen LogP) is 3.06. The van der Waals surface area contributed by atoms with Gasteiger partial charge in [0.1, 0.15) is 5.01 Å². The minimum absolute atomic E-state index is 0.110. The molecule has 1 N–H and O–H groups in total. The Morgan fingerprint density at radius 1 is 1.21 bits per heavy atom. The van der Waals surface area contributed by atoms with Gasteiger partial charge in [-0.1, -0.05) is 35.1 Å². The van der Waals surface area contributed by atoms with Crippen LogP contribution in [0.4, 0.5) is 0 Å². The van der Waals surface area contributed by atoms with E-state index in [4.69, 9.17) is 0 Å². The van der Waals surface area contributed by atoms with Gasteiger partial charge in [-0.05, 0) is 45.7 Å². The van der Waals surface area contributed by atoms with Crippen LogP contribution in [0.25, 0.3) is 4.96 Å². The first-order valence-corrected chi connectivity index (χ1v) is 9.91. The molecule has 0 aliphatic heterocycles. The first-order chi connectivity index (χ1) is 11.2. The molecule has 128 valence electrons. The molecule has 0 aliphatic rings. The Balaban J connectivity index is 1.99. The van der Waals surface area contributed by atoms with Gasteiger partial charge in [0.05, 0.1) is 5.69 Å². The summed E-state index contributed by atoms with van der Waals surface area (Å²) in [7, 11) is -3.74. The summed E-state index contributed by atoms with van der Waals surface area (Å²) in [5.74, 6) is 0. The maximum Gasteiger partial charge on any atom is 0.260 e. The third-order valence-corrected chi connectivity index (χ3v) is 6.37. The zero-order valence-electron chi connectivity index (χ0n) is 14.3. The van der Waals surface area contributed by atoms with Crippen LogP contribution in [0, 0.1) is 27.7 Å². The van der Waals surface area contributed by atoms with E-state index in [1.807, 2.05) is 45.9 Å². The van der Waals surface area contributed by atoms with Crippen molar-refractivity contribution in [3.8, 4) is 0 Å². The number of aryl methyl sites for hydroxylation is 4. The van der Waals surface area contributed by atoms with Crippen LogP contribution in [0.15, 0.2) is 23.2 Å². The van der Waals surface area contributed by atoms with E-state index >= 15 is 0 Å². The van der Waals surface area contributed by atoms with Crippen molar-refractivity contribution < 1.29 is 8.42 Å². The molecule has 0 saturated heterocycles. The number of hydrogen-bond acceptors (Lipinski definition) is 5. The molecule has 1 aromatic carbocycles. The van der Waals surface area contributed by atoms with E-state index in [1.165, 1.54) is 15.9 Å². The summed E-state index contributed by atoms with van der Waals surface area (Å²) in [5.41, 5.74) is 3.62. The van der Waals surface area contributed by atoms with E-state index in [-0.39, 0.29) is 11.1 Å². The molecule has 8 heteroatoms. The predicted molar refractivity (Wildman–Crippen MR) is 95.0 cm³/mol. The zero-order chi connectivity index (χ0) is 17.6. The van der Waals surface area contributed by atoms with Gasteiger partial charge in [-0.3, -0.25) is 0 Å². The zero-order valence-corrected chi connectivity index (χ0v) is 15.9. The third-order valence-electron chi connectivity index (χ3n) is 3.90. The maximum atomic E-state index is 12.9. The molecular weight excluding hydrogens is 344 g/mol. The van der Waals surface area contributed by atoms with Gasteiger partial charge in [-0.2, -0.15) is 9.61 Å². The number of nitrogens with one attached hydrogen (secondary N) is 1. The molecular formula is C16H20N4O2S2. The van der Waals surface area contributed by atoms with E-state index in [9.17, 15) is 8.42 Å². The molecule has 0 unspecified atom stereocenters. The average Bonchev–Trinajstić information content (AvgIpc) is 2.91. The monoisotopic (exact) mass is 364 g/mol. The van der Waals surface area contributed by atoms with Gasteiger partial charge in [0, 0.05) is 6.04 Å². The van der Waals surface area contributed by atoms with Crippen LogP contribution >= 0.6 is 11.3 Å². The lowest BCUT2D eigenvalue weighted by atomic mass is 10.0. The van der Waals surface area contributed by atoms with Crippen molar-refractivity contribution in [1.29, 1.82) is 0 Å². The highest BCUT2D eigenvalue weighted by Crippen LogP contribution is 2.25. The number of rotatable bonds is 4. The van der Waals surface area contributed by atoms with Crippen molar-refractivity contribution in [3.05, 3.63) is 45.6 Å². The van der Waals surface area contributed by atoms with E-state index in [0.717, 1.165) is 21.7 Å². The molecule has 0 spiro atoms. The largest absolute Gasteiger partial charge is 0.260 e. The Hall–Kier alpha value is -1.77. The van der Waals surface area contributed by atoms with Crippen molar-refractivity contribution >= 4 is 26.3 Å². The van der Waals surface area contributed by atoms with Crippen LogP contribution in [0.5, 0.6) is 0 Å². The highest BCUT2D eigenvalue weighted by atomic mass is 32.2. The highest BCUT2D eigenvalue weighted by Gasteiger charge is 2.27. The van der Waals surface area contributed by atoms with Crippen LogP contribution < -0.4 is 4.72 Å². The van der Waals surface area contributed by atoms with E-state index in [2.05, 4.69) is 14.8 Å². The fourth-order valence-electron chi connectivity index (χ4n) is 2.90. The molecule has 2 aromatic heterocycles. The smallest absolute Gasteiger partial charge is 0.221 e. The molecule has 6 nitrogen and oxygen atoms in total. The number of nitrogens with zero attached hydrogens (tertiary/aromatic N) is 3. The van der Waals surface area contributed by atoms with Gasteiger partial charge < -0.3 is 0 Å². The molecule has 2 heterocycles. The van der Waals surface area contributed by atoms with E-state index in [0.29, 0.717) is 10.7 Å². The Bertz CT molecular complexity index is 1020. The molecule has 0 radical (unpaired) electrons. The van der Waals surface area contributed by atoms with Crippen molar-refractivity contribution in [2.45, 2.75) is 45.7 Å². The molecule has 0 aliphatic carbocycles. The van der Waals surface area contributed by atoms with Crippen LogP contribution in [-0.4, -0.2) is 23.0 Å². The summed E-state index contributed by atoms with van der Waals surface area (Å²) in [4.78, 5) is 4.90. The standard InChI is InChI=1S/C16H20N4O2S2/c1-9-6-7-14(10(2)8-9)11(3)19-24(21,22)15-12(4)17-16-20(15)18-13(5)23-16/h6-8,11,19H,1-5H3/t11-/m0/s1. The number of aromatic nitrogens is 3. The molecule has 3 aromatic rings. The Kier molecular flexibility index (Phi) is 4.23. The summed E-state index contributed by atoms with van der Waals surface area (Å²) in [6.07, 6.45) is 0. The topological polar surface area (TPSA) is 76.4 Å². The third kappa shape index (κ3) is 2.97. The van der Waals surface area contributed by atoms with Gasteiger partial charge in [-0.15, -0.1) is 0 Å². The fraction of sp³-hybridized carbons (Fsp3) is 0.375. The summed E-state index contributed by atoms with van der Waals surface area (Å²) >= 11 is 1.37. The second kappa shape index (κ2) is 5.94.